The van der Waals surface area contributed by atoms with Crippen LogP contribution in [0.4, 0.5) is 17.1 Å². The molecule has 0 spiro atoms. The van der Waals surface area contributed by atoms with Crippen molar-refractivity contribution in [2.45, 2.75) is 0 Å². The number of benzene rings is 11. The van der Waals surface area contributed by atoms with E-state index in [9.17, 15) is 0 Å². The lowest BCUT2D eigenvalue weighted by atomic mass is 9.97. The first-order chi connectivity index (χ1) is 29.7. The van der Waals surface area contributed by atoms with Gasteiger partial charge in [0.15, 0.2) is 0 Å². The molecule has 280 valence electrons. The minimum absolute atomic E-state index is 1.10. The van der Waals surface area contributed by atoms with E-state index in [1.807, 2.05) is 0 Å². The Hall–Kier alpha value is -7.94. The van der Waals surface area contributed by atoms with Crippen molar-refractivity contribution in [1.82, 2.24) is 4.57 Å². The summed E-state index contributed by atoms with van der Waals surface area (Å²) in [5, 5.41) is 12.5. The van der Waals surface area contributed by atoms with Crippen molar-refractivity contribution in [2.75, 3.05) is 4.90 Å². The summed E-state index contributed by atoms with van der Waals surface area (Å²) in [4.78, 5) is 2.41. The zero-order chi connectivity index (χ0) is 39.6. The summed E-state index contributed by atoms with van der Waals surface area (Å²) in [6.07, 6.45) is 0. The van der Waals surface area contributed by atoms with Crippen LogP contribution in [0.3, 0.4) is 0 Å². The highest BCUT2D eigenvalue weighted by Crippen LogP contribution is 2.44. The van der Waals surface area contributed by atoms with E-state index >= 15 is 0 Å². The number of rotatable bonds is 6. The smallest absolute Gasteiger partial charge is 0.0547 e. The van der Waals surface area contributed by atoms with Gasteiger partial charge in [0, 0.05) is 33.5 Å². The zero-order valence-electron chi connectivity index (χ0n) is 32.8. The molecule has 0 unspecified atom stereocenters. The first-order valence-electron chi connectivity index (χ1n) is 20.7. The van der Waals surface area contributed by atoms with Crippen LogP contribution < -0.4 is 4.90 Å². The van der Waals surface area contributed by atoms with Crippen LogP contribution in [0, 0.1) is 0 Å². The summed E-state index contributed by atoms with van der Waals surface area (Å²) < 4.78 is 2.42. The minimum Gasteiger partial charge on any atom is -0.310 e. The van der Waals surface area contributed by atoms with Crippen molar-refractivity contribution in [3.63, 3.8) is 0 Å². The second-order valence-electron chi connectivity index (χ2n) is 15.7. The molecule has 1 aromatic heterocycles. The highest BCUT2D eigenvalue weighted by Gasteiger charge is 2.20. The Morgan fingerprint density at radius 1 is 0.283 bits per heavy atom. The van der Waals surface area contributed by atoms with E-state index in [1.165, 1.54) is 87.1 Å². The highest BCUT2D eigenvalue weighted by atomic mass is 15.1. The number of nitrogens with zero attached hydrogens (tertiary/aromatic N) is 2. The van der Waals surface area contributed by atoms with Crippen LogP contribution in [0.2, 0.25) is 0 Å². The predicted octanol–water partition coefficient (Wildman–Crippen LogP) is 16.2. The Morgan fingerprint density at radius 2 is 0.883 bits per heavy atom. The van der Waals surface area contributed by atoms with Gasteiger partial charge < -0.3 is 9.47 Å². The number of anilines is 3. The maximum atomic E-state index is 2.42. The van der Waals surface area contributed by atoms with E-state index in [2.05, 4.69) is 240 Å². The summed E-state index contributed by atoms with van der Waals surface area (Å²) in [5.41, 5.74) is 11.7. The third kappa shape index (κ3) is 5.57. The van der Waals surface area contributed by atoms with Gasteiger partial charge in [0.05, 0.1) is 11.0 Å². The van der Waals surface area contributed by atoms with Crippen LogP contribution in [-0.4, -0.2) is 4.57 Å². The second-order valence-corrected chi connectivity index (χ2v) is 15.7. The Bertz CT molecular complexity index is 3590. The molecule has 0 atom stereocenters. The summed E-state index contributed by atoms with van der Waals surface area (Å²) in [5.74, 6) is 0. The van der Waals surface area contributed by atoms with Crippen molar-refractivity contribution >= 4 is 82.0 Å². The number of fused-ring (bicyclic) bond motifs is 8. The van der Waals surface area contributed by atoms with Crippen LogP contribution in [-0.2, 0) is 0 Å². The number of aromatic nitrogens is 1. The van der Waals surface area contributed by atoms with Crippen LogP contribution in [0.1, 0.15) is 0 Å². The molecule has 1 heterocycles. The molecule has 0 aliphatic heterocycles. The van der Waals surface area contributed by atoms with Crippen LogP contribution >= 0.6 is 0 Å². The van der Waals surface area contributed by atoms with E-state index in [-0.39, 0.29) is 0 Å². The maximum Gasteiger partial charge on any atom is 0.0547 e. The molecule has 0 saturated carbocycles. The van der Waals surface area contributed by atoms with Gasteiger partial charge in [-0.05, 0) is 132 Å². The lowest BCUT2D eigenvalue weighted by Crippen LogP contribution is -2.10. The Labute approximate surface area is 348 Å². The standard InChI is InChI=1S/C58H38N2/c1-2-19-46(20-3-1)60-56-26-12-25-54(58(56)55-37-42-15-4-5-16-43(42)38-57(55)60)44-18-10-21-48(35-44)59(49-33-34-53-45(36-49)28-27-40-14-7-9-23-51(40)53)47-31-29-41(30-32-47)52-24-11-17-39-13-6-8-22-50(39)52/h1-38H. The average molecular weight is 763 g/mol. The molecule has 12 aromatic rings. The summed E-state index contributed by atoms with van der Waals surface area (Å²) >= 11 is 0. The Morgan fingerprint density at radius 3 is 1.72 bits per heavy atom. The molecule has 0 radical (unpaired) electrons. The van der Waals surface area contributed by atoms with Crippen LogP contribution in [0.15, 0.2) is 231 Å². The van der Waals surface area contributed by atoms with Gasteiger partial charge in [-0.2, -0.15) is 0 Å². The van der Waals surface area contributed by atoms with E-state index in [1.54, 1.807) is 0 Å². The lowest BCUT2D eigenvalue weighted by Gasteiger charge is -2.27. The predicted molar refractivity (Wildman–Crippen MR) is 256 cm³/mol. The van der Waals surface area contributed by atoms with Crippen LogP contribution in [0.5, 0.6) is 0 Å². The third-order valence-corrected chi connectivity index (χ3v) is 12.3. The molecule has 0 bridgehead atoms. The van der Waals surface area contributed by atoms with E-state index in [4.69, 9.17) is 0 Å². The molecule has 60 heavy (non-hydrogen) atoms. The van der Waals surface area contributed by atoms with Gasteiger partial charge in [0.25, 0.3) is 0 Å². The molecular weight excluding hydrogens is 725 g/mol. The van der Waals surface area contributed by atoms with Gasteiger partial charge in [-0.3, -0.25) is 0 Å². The minimum atomic E-state index is 1.10. The molecule has 11 aromatic carbocycles. The van der Waals surface area contributed by atoms with Gasteiger partial charge in [-0.15, -0.1) is 0 Å². The van der Waals surface area contributed by atoms with Gasteiger partial charge in [-0.25, -0.2) is 0 Å². The summed E-state index contributed by atoms with van der Waals surface area (Å²) in [6, 6.07) is 84.4. The normalized spacial score (nSPS) is 11.7. The summed E-state index contributed by atoms with van der Waals surface area (Å²) in [7, 11) is 0. The fourth-order valence-electron chi connectivity index (χ4n) is 9.52. The number of hydrogen-bond acceptors (Lipinski definition) is 1. The first-order valence-corrected chi connectivity index (χ1v) is 20.7. The fourth-order valence-corrected chi connectivity index (χ4v) is 9.52. The molecule has 0 N–H and O–H groups in total. The van der Waals surface area contributed by atoms with Crippen molar-refractivity contribution in [3.8, 4) is 27.9 Å². The van der Waals surface area contributed by atoms with Crippen LogP contribution in [0.25, 0.3) is 92.8 Å². The molecule has 2 heteroatoms. The Balaban J connectivity index is 1.05. The SMILES string of the molecule is c1ccc(-n2c3cc4ccccc4cc3c3c(-c4cccc(N(c5ccc(-c6cccc7ccccc67)cc5)c5ccc6c(ccc7ccccc76)c5)c4)cccc32)cc1. The highest BCUT2D eigenvalue weighted by molar-refractivity contribution is 6.19. The lowest BCUT2D eigenvalue weighted by molar-refractivity contribution is 1.18. The number of hydrogen-bond donors (Lipinski definition) is 0. The average Bonchev–Trinajstić information content (AvgIpc) is 3.64. The molecular formula is C58H38N2. The Kier molecular flexibility index (Phi) is 7.89. The fraction of sp³-hybridized carbons (Fsp3) is 0. The van der Waals surface area contributed by atoms with Gasteiger partial charge in [0.1, 0.15) is 0 Å². The van der Waals surface area contributed by atoms with Gasteiger partial charge >= 0.3 is 0 Å². The zero-order valence-corrected chi connectivity index (χ0v) is 32.8. The quantitative estimate of drug-likeness (QED) is 0.153. The van der Waals surface area contributed by atoms with Crippen molar-refractivity contribution < 1.29 is 0 Å². The molecule has 0 saturated heterocycles. The van der Waals surface area contributed by atoms with Crippen molar-refractivity contribution in [1.29, 1.82) is 0 Å². The second kappa shape index (κ2) is 13.9. The number of para-hydroxylation sites is 1. The van der Waals surface area contributed by atoms with Gasteiger partial charge in [0.2, 0.25) is 0 Å². The van der Waals surface area contributed by atoms with Crippen molar-refractivity contribution in [2.24, 2.45) is 0 Å². The molecule has 0 aliphatic carbocycles. The molecule has 2 nitrogen and oxygen atoms in total. The summed E-state index contributed by atoms with van der Waals surface area (Å²) in [6.45, 7) is 0. The monoisotopic (exact) mass is 762 g/mol. The molecule has 0 fully saturated rings. The van der Waals surface area contributed by atoms with E-state index in [0.29, 0.717) is 0 Å². The van der Waals surface area contributed by atoms with Crippen molar-refractivity contribution in [3.05, 3.63) is 231 Å². The third-order valence-electron chi connectivity index (χ3n) is 12.3. The first kappa shape index (κ1) is 34.1. The molecule has 12 rings (SSSR count). The van der Waals surface area contributed by atoms with E-state index < -0.39 is 0 Å². The topological polar surface area (TPSA) is 8.17 Å². The molecule has 0 amide bonds. The maximum absolute atomic E-state index is 2.42. The largest absolute Gasteiger partial charge is 0.310 e. The van der Waals surface area contributed by atoms with E-state index in [0.717, 1.165) is 22.7 Å². The molecule has 0 aliphatic rings. The van der Waals surface area contributed by atoms with Gasteiger partial charge in [-0.1, -0.05) is 164 Å².